The third-order valence-corrected chi connectivity index (χ3v) is 19.4. The van der Waals surface area contributed by atoms with Crippen LogP contribution in [0.5, 0.6) is 0 Å². The van der Waals surface area contributed by atoms with Crippen LogP contribution in [-0.4, -0.2) is 8.07 Å². The quantitative estimate of drug-likeness (QED) is 0.0852. The van der Waals surface area contributed by atoms with E-state index in [0.717, 1.165) is 0 Å². The smallest absolute Gasteiger partial charge is 0.0623 e. The van der Waals surface area contributed by atoms with E-state index >= 15 is 0 Å². The van der Waals surface area contributed by atoms with Crippen LogP contribution in [0.2, 0.25) is 0 Å². The van der Waals surface area contributed by atoms with Gasteiger partial charge in [0.25, 0.3) is 0 Å². The van der Waals surface area contributed by atoms with Gasteiger partial charge in [-0.15, -0.1) is 0 Å². The zero-order valence-electron chi connectivity index (χ0n) is 36.4. The Morgan fingerprint density at radius 3 is 0.985 bits per heavy atom. The lowest BCUT2D eigenvalue weighted by Gasteiger charge is -2.34. The number of aryl methyl sites for hydroxylation is 2. The third kappa shape index (κ3) is 5.69. The summed E-state index contributed by atoms with van der Waals surface area (Å²) in [4.78, 5) is 0. The van der Waals surface area contributed by atoms with Crippen molar-refractivity contribution in [3.8, 4) is 33.4 Å². The van der Waals surface area contributed by atoms with Gasteiger partial charge < -0.3 is 0 Å². The van der Waals surface area contributed by atoms with Gasteiger partial charge in [0.15, 0.2) is 8.07 Å². The lowest BCUT2D eigenvalue weighted by Crippen LogP contribution is -2.74. The Balaban J connectivity index is 1.06. The first kappa shape index (κ1) is 37.7. The average Bonchev–Trinajstić information content (AvgIpc) is 3.37. The topological polar surface area (TPSA) is 0 Å². The SMILES string of the molecule is Cc1ccc2ccc3c(-c4cc(-c5ccc([Si](c6ccccc6)(c6ccccc6)c6ccccc6)cc5)cc(-c5ccc6ccc7c(C)ccc8ccc5c6c87)c4)ccc4ccc1c2c43. The zero-order valence-corrected chi connectivity index (χ0v) is 37.4. The number of hydrogen-bond donors (Lipinski definition) is 0. The monoisotopic (exact) mass is 840 g/mol. The third-order valence-electron chi connectivity index (χ3n) is 14.6. The fourth-order valence-corrected chi connectivity index (χ4v) is 16.2. The van der Waals surface area contributed by atoms with Crippen LogP contribution in [0, 0.1) is 13.8 Å². The highest BCUT2D eigenvalue weighted by atomic mass is 28.3. The first-order valence-electron chi connectivity index (χ1n) is 22.8. The summed E-state index contributed by atoms with van der Waals surface area (Å²) in [6.07, 6.45) is 0. The molecule has 0 radical (unpaired) electrons. The van der Waals surface area contributed by atoms with E-state index in [4.69, 9.17) is 0 Å². The molecule has 0 spiro atoms. The molecule has 304 valence electrons. The van der Waals surface area contributed by atoms with Gasteiger partial charge in [0, 0.05) is 0 Å². The van der Waals surface area contributed by atoms with E-state index in [-0.39, 0.29) is 0 Å². The predicted molar refractivity (Wildman–Crippen MR) is 283 cm³/mol. The van der Waals surface area contributed by atoms with E-state index in [1.807, 2.05) is 0 Å². The van der Waals surface area contributed by atoms with Gasteiger partial charge in [0.2, 0.25) is 0 Å². The van der Waals surface area contributed by atoms with Gasteiger partial charge in [-0.05, 0) is 162 Å². The van der Waals surface area contributed by atoms with Crippen molar-refractivity contribution >= 4 is 93.5 Å². The Morgan fingerprint density at radius 1 is 0.246 bits per heavy atom. The fraction of sp³-hybridized carbons (Fsp3) is 0.0312. The molecule has 0 N–H and O–H groups in total. The Hall–Kier alpha value is -7.84. The Morgan fingerprint density at radius 2 is 0.569 bits per heavy atom. The molecule has 13 rings (SSSR count). The van der Waals surface area contributed by atoms with E-state index in [1.54, 1.807) is 0 Å². The summed E-state index contributed by atoms with van der Waals surface area (Å²) in [6, 6.07) is 87.6. The second-order valence-electron chi connectivity index (χ2n) is 18.1. The van der Waals surface area contributed by atoms with Crippen molar-refractivity contribution in [3.05, 3.63) is 242 Å². The van der Waals surface area contributed by atoms with Gasteiger partial charge in [-0.1, -0.05) is 212 Å². The Labute approximate surface area is 380 Å². The van der Waals surface area contributed by atoms with E-state index < -0.39 is 8.07 Å². The molecule has 0 fully saturated rings. The normalized spacial score (nSPS) is 12.2. The van der Waals surface area contributed by atoms with Crippen LogP contribution in [0.1, 0.15) is 11.1 Å². The molecule has 13 aromatic rings. The van der Waals surface area contributed by atoms with Crippen molar-refractivity contribution in [3.63, 3.8) is 0 Å². The van der Waals surface area contributed by atoms with Crippen molar-refractivity contribution < 1.29 is 0 Å². The van der Waals surface area contributed by atoms with Gasteiger partial charge in [-0.2, -0.15) is 0 Å². The van der Waals surface area contributed by atoms with Gasteiger partial charge in [0.05, 0.1) is 0 Å². The maximum atomic E-state index is 2.45. The minimum atomic E-state index is -2.69. The van der Waals surface area contributed by atoms with Crippen LogP contribution in [0.15, 0.2) is 231 Å². The second-order valence-corrected chi connectivity index (χ2v) is 21.9. The van der Waals surface area contributed by atoms with Gasteiger partial charge in [0.1, 0.15) is 0 Å². The highest BCUT2D eigenvalue weighted by molar-refractivity contribution is 7.19. The van der Waals surface area contributed by atoms with Crippen LogP contribution in [0.25, 0.3) is 98.0 Å². The molecule has 0 bridgehead atoms. The van der Waals surface area contributed by atoms with Crippen LogP contribution >= 0.6 is 0 Å². The summed E-state index contributed by atoms with van der Waals surface area (Å²) in [5.41, 5.74) is 9.99. The summed E-state index contributed by atoms with van der Waals surface area (Å²) < 4.78 is 0. The van der Waals surface area contributed by atoms with Gasteiger partial charge >= 0.3 is 0 Å². The van der Waals surface area contributed by atoms with E-state index in [9.17, 15) is 0 Å². The van der Waals surface area contributed by atoms with E-state index in [1.165, 1.54) is 130 Å². The number of hydrogen-bond acceptors (Lipinski definition) is 0. The van der Waals surface area contributed by atoms with Crippen LogP contribution in [0.4, 0.5) is 0 Å². The molecule has 13 aromatic carbocycles. The largest absolute Gasteiger partial charge is 0.179 e. The Kier molecular flexibility index (Phi) is 8.47. The summed E-state index contributed by atoms with van der Waals surface area (Å²) in [6.45, 7) is 4.47. The molecule has 0 aliphatic heterocycles. The standard InChI is InChI=1S/C64H44Si/c1-41-18-20-44-28-36-59-57(34-26-46-24-32-55(41)61(44)63(46)59)49-38-48(39-50(40-49)58-35-27-47-25-33-56-42(2)19-21-45-29-37-60(58)64(47)62(45)56)43-22-30-54(31-23-43)65(51-12-6-3-7-13-51,52-14-8-4-9-15-52)53-16-10-5-11-17-53/h3-40H,1-2H3. The molecule has 1 heteroatoms. The predicted octanol–water partition coefficient (Wildman–Crippen LogP) is 14.5. The molecule has 65 heavy (non-hydrogen) atoms. The molecule has 0 heterocycles. The van der Waals surface area contributed by atoms with Crippen molar-refractivity contribution in [2.45, 2.75) is 13.8 Å². The van der Waals surface area contributed by atoms with E-state index in [2.05, 4.69) is 244 Å². The Bertz CT molecular complexity index is 3660. The zero-order chi connectivity index (χ0) is 43.2. The van der Waals surface area contributed by atoms with Gasteiger partial charge in [-0.3, -0.25) is 0 Å². The summed E-state index contributed by atoms with van der Waals surface area (Å²) >= 11 is 0. The molecule has 0 aliphatic carbocycles. The lowest BCUT2D eigenvalue weighted by molar-refractivity contribution is 1.55. The van der Waals surface area contributed by atoms with Crippen molar-refractivity contribution in [1.29, 1.82) is 0 Å². The average molecular weight is 841 g/mol. The van der Waals surface area contributed by atoms with E-state index in [0.29, 0.717) is 0 Å². The molecular formula is C64H44Si. The molecule has 0 nitrogen and oxygen atoms in total. The van der Waals surface area contributed by atoms with Crippen molar-refractivity contribution in [2.75, 3.05) is 0 Å². The van der Waals surface area contributed by atoms with Crippen LogP contribution in [-0.2, 0) is 0 Å². The highest BCUT2D eigenvalue weighted by Crippen LogP contribution is 2.45. The van der Waals surface area contributed by atoms with Crippen molar-refractivity contribution in [2.24, 2.45) is 0 Å². The maximum Gasteiger partial charge on any atom is 0.179 e. The molecule has 0 atom stereocenters. The molecular weight excluding hydrogens is 797 g/mol. The summed E-state index contributed by atoms with van der Waals surface area (Å²) in [7, 11) is -2.69. The molecule has 0 saturated heterocycles. The molecule has 0 aliphatic rings. The van der Waals surface area contributed by atoms with Crippen molar-refractivity contribution in [1.82, 2.24) is 0 Å². The molecule has 0 unspecified atom stereocenters. The first-order chi connectivity index (χ1) is 32.0. The second kappa shape index (κ2) is 14.6. The highest BCUT2D eigenvalue weighted by Gasteiger charge is 2.41. The molecule has 0 amide bonds. The van der Waals surface area contributed by atoms with Gasteiger partial charge in [-0.25, -0.2) is 0 Å². The fourth-order valence-electron chi connectivity index (χ4n) is 11.5. The number of benzene rings is 13. The van der Waals surface area contributed by atoms with Crippen LogP contribution in [0.3, 0.4) is 0 Å². The summed E-state index contributed by atoms with van der Waals surface area (Å²) in [5.74, 6) is 0. The minimum Gasteiger partial charge on any atom is -0.0623 e. The van der Waals surface area contributed by atoms with Crippen LogP contribution < -0.4 is 20.7 Å². The molecule has 0 aromatic heterocycles. The summed E-state index contributed by atoms with van der Waals surface area (Å²) in [5, 5.41) is 21.3. The number of rotatable bonds is 7. The maximum absolute atomic E-state index is 2.69. The first-order valence-corrected chi connectivity index (χ1v) is 24.8. The lowest BCUT2D eigenvalue weighted by atomic mass is 9.85. The molecule has 0 saturated carbocycles. The minimum absolute atomic E-state index is 1.20.